The van der Waals surface area contributed by atoms with Gasteiger partial charge in [-0.1, -0.05) is 37.3 Å². The largest absolute Gasteiger partial charge is 0.462 e. The van der Waals surface area contributed by atoms with E-state index >= 15 is 0 Å². The summed E-state index contributed by atoms with van der Waals surface area (Å²) in [6, 6.07) is 11.4. The summed E-state index contributed by atoms with van der Waals surface area (Å²) in [6.45, 7) is 8.12. The van der Waals surface area contributed by atoms with Crippen molar-refractivity contribution in [3.8, 4) is 11.3 Å². The Labute approximate surface area is 160 Å². The van der Waals surface area contributed by atoms with Gasteiger partial charge in [0.2, 0.25) is 0 Å². The van der Waals surface area contributed by atoms with Crippen LogP contribution in [0.25, 0.3) is 11.3 Å². The molecule has 1 aromatic heterocycles. The Balaban J connectivity index is 2.13. The highest BCUT2D eigenvalue weighted by molar-refractivity contribution is 5.95. The summed E-state index contributed by atoms with van der Waals surface area (Å²) < 4.78 is 10.3. The fourth-order valence-electron chi connectivity index (χ4n) is 2.62. The second-order valence-electron chi connectivity index (χ2n) is 5.93. The van der Waals surface area contributed by atoms with Crippen LogP contribution in [0.5, 0.6) is 0 Å². The highest BCUT2D eigenvalue weighted by Crippen LogP contribution is 2.21. The molecule has 0 aliphatic carbocycles. The summed E-state index contributed by atoms with van der Waals surface area (Å²) in [5.74, 6) is 0.0368. The topological polar surface area (TPSA) is 76.6 Å². The molecular formula is C20H28N4O3. The molecule has 0 saturated heterocycles. The van der Waals surface area contributed by atoms with Crippen molar-refractivity contribution in [1.82, 2.24) is 15.1 Å². The first kappa shape index (κ1) is 20.8. The number of hydrogen-bond donors (Lipinski definition) is 1. The number of anilines is 1. The standard InChI is InChI=1S/C20H28N4O3/c1-4-24(13-14-26-3)12-11-21-19-17(20(25)27-5-2)15-18(22-23-19)16-9-7-6-8-10-16/h6-10,15H,4-5,11-14H2,1-3H3,(H,21,23). The molecule has 7 heteroatoms. The maximum atomic E-state index is 12.4. The molecule has 0 spiro atoms. The zero-order valence-electron chi connectivity index (χ0n) is 16.3. The van der Waals surface area contributed by atoms with Gasteiger partial charge in [-0.2, -0.15) is 0 Å². The van der Waals surface area contributed by atoms with Gasteiger partial charge in [0, 0.05) is 32.3 Å². The minimum Gasteiger partial charge on any atom is -0.462 e. The fraction of sp³-hybridized carbons (Fsp3) is 0.450. The SMILES string of the molecule is CCOC(=O)c1cc(-c2ccccc2)nnc1NCCN(CC)CCOC. The molecule has 1 heterocycles. The average Bonchev–Trinajstić information content (AvgIpc) is 2.71. The number of likely N-dealkylation sites (N-methyl/N-ethyl adjacent to an activating group) is 1. The van der Waals surface area contributed by atoms with Gasteiger partial charge in [0.05, 0.1) is 18.9 Å². The lowest BCUT2D eigenvalue weighted by molar-refractivity contribution is 0.0527. The van der Waals surface area contributed by atoms with E-state index in [0.717, 1.165) is 25.2 Å². The smallest absolute Gasteiger partial charge is 0.342 e. The predicted molar refractivity (Wildman–Crippen MR) is 106 cm³/mol. The Morgan fingerprint density at radius 2 is 1.93 bits per heavy atom. The van der Waals surface area contributed by atoms with E-state index in [1.165, 1.54) is 0 Å². The number of ether oxygens (including phenoxy) is 2. The van der Waals surface area contributed by atoms with E-state index in [4.69, 9.17) is 9.47 Å². The summed E-state index contributed by atoms with van der Waals surface area (Å²) in [4.78, 5) is 14.6. The molecule has 1 N–H and O–H groups in total. The molecule has 0 aliphatic heterocycles. The molecular weight excluding hydrogens is 344 g/mol. The number of benzene rings is 1. The van der Waals surface area contributed by atoms with Crippen LogP contribution >= 0.6 is 0 Å². The van der Waals surface area contributed by atoms with Crippen molar-refractivity contribution in [3.05, 3.63) is 42.0 Å². The Kier molecular flexibility index (Phi) is 8.67. The van der Waals surface area contributed by atoms with Gasteiger partial charge in [-0.3, -0.25) is 4.90 Å². The van der Waals surface area contributed by atoms with Gasteiger partial charge in [-0.05, 0) is 19.5 Å². The first-order valence-corrected chi connectivity index (χ1v) is 9.25. The molecule has 2 rings (SSSR count). The number of hydrogen-bond acceptors (Lipinski definition) is 7. The van der Waals surface area contributed by atoms with E-state index in [1.54, 1.807) is 20.1 Å². The lowest BCUT2D eigenvalue weighted by Gasteiger charge is -2.20. The van der Waals surface area contributed by atoms with E-state index < -0.39 is 5.97 Å². The quantitative estimate of drug-likeness (QED) is 0.608. The number of carbonyl (C=O) groups excluding carboxylic acids is 1. The van der Waals surface area contributed by atoms with Gasteiger partial charge >= 0.3 is 5.97 Å². The molecule has 2 aromatic rings. The van der Waals surface area contributed by atoms with E-state index in [2.05, 4.69) is 27.3 Å². The molecule has 0 aliphatic rings. The minimum atomic E-state index is -0.404. The van der Waals surface area contributed by atoms with Crippen molar-refractivity contribution in [2.45, 2.75) is 13.8 Å². The lowest BCUT2D eigenvalue weighted by Crippen LogP contribution is -2.32. The van der Waals surface area contributed by atoms with Crippen molar-refractivity contribution in [2.24, 2.45) is 0 Å². The van der Waals surface area contributed by atoms with Crippen molar-refractivity contribution < 1.29 is 14.3 Å². The van der Waals surface area contributed by atoms with Crippen molar-refractivity contribution in [2.75, 3.05) is 51.8 Å². The molecule has 0 fully saturated rings. The van der Waals surface area contributed by atoms with Gasteiger partial charge in [0.25, 0.3) is 0 Å². The molecule has 0 radical (unpaired) electrons. The Morgan fingerprint density at radius 1 is 1.15 bits per heavy atom. The number of aromatic nitrogens is 2. The number of esters is 1. The molecule has 0 saturated carbocycles. The van der Waals surface area contributed by atoms with Gasteiger partial charge in [0.15, 0.2) is 5.82 Å². The van der Waals surface area contributed by atoms with Crippen LogP contribution in [-0.2, 0) is 9.47 Å². The molecule has 1 aromatic carbocycles. The molecule has 7 nitrogen and oxygen atoms in total. The third kappa shape index (κ3) is 6.30. The van der Waals surface area contributed by atoms with E-state index in [9.17, 15) is 4.79 Å². The van der Waals surface area contributed by atoms with Crippen molar-refractivity contribution >= 4 is 11.8 Å². The maximum Gasteiger partial charge on any atom is 0.342 e. The van der Waals surface area contributed by atoms with Crippen LogP contribution in [0.3, 0.4) is 0 Å². The van der Waals surface area contributed by atoms with Crippen molar-refractivity contribution in [1.29, 1.82) is 0 Å². The molecule has 0 bridgehead atoms. The third-order valence-corrected chi connectivity index (χ3v) is 4.14. The minimum absolute atomic E-state index is 0.307. The van der Waals surface area contributed by atoms with Crippen LogP contribution in [0, 0.1) is 0 Å². The van der Waals surface area contributed by atoms with Gasteiger partial charge in [-0.25, -0.2) is 4.79 Å². The molecule has 0 amide bonds. The van der Waals surface area contributed by atoms with Crippen LogP contribution in [0.1, 0.15) is 24.2 Å². The van der Waals surface area contributed by atoms with Crippen molar-refractivity contribution in [3.63, 3.8) is 0 Å². The van der Waals surface area contributed by atoms with E-state index in [0.29, 0.717) is 36.8 Å². The van der Waals surface area contributed by atoms with E-state index in [1.807, 2.05) is 30.3 Å². The van der Waals surface area contributed by atoms with E-state index in [-0.39, 0.29) is 0 Å². The summed E-state index contributed by atoms with van der Waals surface area (Å²) in [6.07, 6.45) is 0. The van der Waals surface area contributed by atoms with Crippen LogP contribution in [0.2, 0.25) is 0 Å². The Hall–Kier alpha value is -2.51. The second kappa shape index (κ2) is 11.3. The highest BCUT2D eigenvalue weighted by atomic mass is 16.5. The third-order valence-electron chi connectivity index (χ3n) is 4.14. The number of nitrogens with zero attached hydrogens (tertiary/aromatic N) is 3. The first-order valence-electron chi connectivity index (χ1n) is 9.25. The summed E-state index contributed by atoms with van der Waals surface area (Å²) in [5, 5.41) is 11.7. The zero-order valence-corrected chi connectivity index (χ0v) is 16.3. The molecule has 0 unspecified atom stereocenters. The lowest BCUT2D eigenvalue weighted by atomic mass is 10.1. The fourth-order valence-corrected chi connectivity index (χ4v) is 2.62. The number of rotatable bonds is 11. The Morgan fingerprint density at radius 3 is 2.59 bits per heavy atom. The van der Waals surface area contributed by atoms with Gasteiger partial charge in [-0.15, -0.1) is 10.2 Å². The van der Waals surface area contributed by atoms with Gasteiger partial charge < -0.3 is 14.8 Å². The van der Waals surface area contributed by atoms with Gasteiger partial charge in [0.1, 0.15) is 5.56 Å². The molecule has 0 atom stereocenters. The second-order valence-corrected chi connectivity index (χ2v) is 5.93. The average molecular weight is 372 g/mol. The highest BCUT2D eigenvalue weighted by Gasteiger charge is 2.17. The molecule has 146 valence electrons. The number of nitrogens with one attached hydrogen (secondary N) is 1. The summed E-state index contributed by atoms with van der Waals surface area (Å²) in [7, 11) is 1.70. The number of methoxy groups -OCH3 is 1. The normalized spacial score (nSPS) is 10.8. The summed E-state index contributed by atoms with van der Waals surface area (Å²) in [5.41, 5.74) is 1.93. The van der Waals surface area contributed by atoms with Crippen LogP contribution in [-0.4, -0.2) is 67.6 Å². The summed E-state index contributed by atoms with van der Waals surface area (Å²) >= 11 is 0. The first-order chi connectivity index (χ1) is 13.2. The Bertz CT molecular complexity index is 710. The zero-order chi connectivity index (χ0) is 19.5. The van der Waals surface area contributed by atoms with Crippen LogP contribution < -0.4 is 5.32 Å². The van der Waals surface area contributed by atoms with Crippen LogP contribution in [0.15, 0.2) is 36.4 Å². The molecule has 27 heavy (non-hydrogen) atoms. The maximum absolute atomic E-state index is 12.4. The van der Waals surface area contributed by atoms with Crippen LogP contribution in [0.4, 0.5) is 5.82 Å². The predicted octanol–water partition coefficient (Wildman–Crippen LogP) is 2.70. The number of carbonyl (C=O) groups is 1. The monoisotopic (exact) mass is 372 g/mol.